The summed E-state index contributed by atoms with van der Waals surface area (Å²) in [5.41, 5.74) is 23.5. The molecule has 3 aromatic carbocycles. The van der Waals surface area contributed by atoms with Crippen molar-refractivity contribution in [1.82, 2.24) is 58.5 Å². The molecule has 38 nitrogen and oxygen atoms in total. The molecule has 3 rings (SSSR count). The van der Waals surface area contributed by atoms with Crippen molar-refractivity contribution >= 4 is 101 Å². The van der Waals surface area contributed by atoms with Gasteiger partial charge in [-0.1, -0.05) is 105 Å². The number of hydrogen-bond acceptors (Lipinski definition) is 21. The molecule has 0 radical (unpaired) electrons. The summed E-state index contributed by atoms with van der Waals surface area (Å²) in [6.07, 6.45) is -6.97. The Morgan fingerprint density at radius 3 is 0.916 bits per heavy atom. The van der Waals surface area contributed by atoms with E-state index in [1.807, 2.05) is 5.32 Å². The second-order valence-electron chi connectivity index (χ2n) is 25.4. The van der Waals surface area contributed by atoms with Crippen LogP contribution in [0.5, 0.6) is 0 Å². The first-order valence-electron chi connectivity index (χ1n) is 34.2. The molecule has 0 aliphatic carbocycles. The number of carboxylic acid groups (broad SMARTS) is 4. The van der Waals surface area contributed by atoms with Crippen molar-refractivity contribution in [2.75, 3.05) is 19.8 Å². The molecule has 0 saturated heterocycles. The van der Waals surface area contributed by atoms with Crippen molar-refractivity contribution in [2.45, 2.75) is 189 Å². The molecular formula is C69H97N15O23. The SMILES string of the molecule is CC(C)C[C@H](NC(=O)[C@H](CCC(=O)O)NC(=O)[C@H](CCC(N)=O)NC(=O)[C@H](Cc1ccccc1)NC(=O)[C@H](Cc1ccccc1)NC(=O)[C@H](CCCCN)NC(=O)[C@H](CCC(=O)O)NC(=O)[C@H](CCC(N)=O)NC(=O)[C@@H](N)CO)C(=O)N[C@@H](Cc1ccccc1)C(=O)N[C@@H](CC(=O)O)C(=O)N[C@@H](CO)C(=O)O. The standard InChI is InChI=1S/C69H97N15O23/c1-37(2)30-47(64(101)81-50(33-40-18-10-5-11-19-40)67(104)83-51(34-57(93)94)68(105)84-52(36-86)69(106)107)79-63(100)46(24-28-56(91)92)77-61(98)44(22-26-54(73)88)78-65(102)48(31-38-14-6-3-7-15-38)82-66(103)49(32-39-16-8-4-9-17-39)80-59(96)42(20-12-13-29-70)75-62(99)45(23-27-55(89)90)76-60(97)43(21-25-53(72)87)74-58(95)41(71)35-85/h3-11,14-19,37,41-52,85-86H,12-13,20-36,70-71H2,1-2H3,(H2,72,87)(H2,73,88)(H,74,95)(H,75,99)(H,76,97)(H,77,98)(H,78,102)(H,79,100)(H,80,96)(H,81,101)(H,82,103)(H,83,104)(H,84,105)(H,89,90)(H,91,92)(H,93,94)(H,106,107)/t41-,42-,43-,44-,45-,46-,47-,48-,49-,50-,51-,52-/m0/s1. The van der Waals surface area contributed by atoms with E-state index in [1.54, 1.807) is 105 Å². The van der Waals surface area contributed by atoms with Gasteiger partial charge in [0.05, 0.1) is 19.6 Å². The van der Waals surface area contributed by atoms with Crippen molar-refractivity contribution in [2.24, 2.45) is 28.9 Å². The van der Waals surface area contributed by atoms with Gasteiger partial charge in [-0.05, 0) is 80.5 Å². The molecule has 586 valence electrons. The maximum Gasteiger partial charge on any atom is 0.328 e. The molecule has 0 unspecified atom stereocenters. The van der Waals surface area contributed by atoms with Gasteiger partial charge < -0.3 is 112 Å². The van der Waals surface area contributed by atoms with Crippen LogP contribution in [-0.2, 0) is 101 Å². The Morgan fingerprint density at radius 1 is 0.336 bits per heavy atom. The third-order valence-corrected chi connectivity index (χ3v) is 16.2. The van der Waals surface area contributed by atoms with Crippen LogP contribution in [0.3, 0.4) is 0 Å². The third-order valence-electron chi connectivity index (χ3n) is 16.2. The summed E-state index contributed by atoms with van der Waals surface area (Å²) in [6.45, 7) is 1.41. The van der Waals surface area contributed by atoms with E-state index in [-0.39, 0.29) is 51.5 Å². The van der Waals surface area contributed by atoms with E-state index in [2.05, 4.69) is 53.2 Å². The number of nitrogens with one attached hydrogen (secondary N) is 11. The minimum atomic E-state index is -1.97. The van der Waals surface area contributed by atoms with Crippen molar-refractivity contribution in [1.29, 1.82) is 0 Å². The minimum Gasteiger partial charge on any atom is -0.481 e. The summed E-state index contributed by atoms with van der Waals surface area (Å²) in [4.78, 5) is 228. The van der Waals surface area contributed by atoms with Crippen LogP contribution in [0.2, 0.25) is 0 Å². The largest absolute Gasteiger partial charge is 0.481 e. The number of aliphatic hydroxyl groups is 2. The van der Waals surface area contributed by atoms with E-state index in [0.29, 0.717) is 16.7 Å². The van der Waals surface area contributed by atoms with Crippen molar-refractivity contribution in [3.05, 3.63) is 108 Å². The number of unbranched alkanes of at least 4 members (excludes halogenated alkanes) is 1. The first kappa shape index (κ1) is 89.7. The lowest BCUT2D eigenvalue weighted by atomic mass is 9.99. The second kappa shape index (κ2) is 47.0. The van der Waals surface area contributed by atoms with Gasteiger partial charge in [0.15, 0.2) is 0 Å². The van der Waals surface area contributed by atoms with Crippen LogP contribution in [0.4, 0.5) is 0 Å². The molecule has 0 aliphatic rings. The number of aliphatic hydroxyl groups excluding tert-OH is 2. The number of nitrogens with two attached hydrogens (primary N) is 4. The Balaban J connectivity index is 2.08. The zero-order valence-corrected chi connectivity index (χ0v) is 59.0. The Kier molecular flexibility index (Phi) is 39.4. The summed E-state index contributed by atoms with van der Waals surface area (Å²) in [5.74, 6) is -21.0. The monoisotopic (exact) mass is 1500 g/mol. The highest BCUT2D eigenvalue weighted by Crippen LogP contribution is 2.15. The van der Waals surface area contributed by atoms with Gasteiger partial charge in [0.2, 0.25) is 76.8 Å². The Labute approximate surface area is 614 Å². The normalized spacial score (nSPS) is 14.3. The number of benzene rings is 3. The predicted molar refractivity (Wildman–Crippen MR) is 377 cm³/mol. The average Bonchev–Trinajstić information content (AvgIpc) is 0.882. The third kappa shape index (κ3) is 34.3. The summed E-state index contributed by atoms with van der Waals surface area (Å²) in [7, 11) is 0. The van der Waals surface area contributed by atoms with Crippen LogP contribution >= 0.6 is 0 Å². The van der Waals surface area contributed by atoms with E-state index in [9.17, 15) is 112 Å². The molecule has 0 heterocycles. The molecule has 0 aliphatic heterocycles. The zero-order valence-electron chi connectivity index (χ0n) is 59.0. The lowest BCUT2D eigenvalue weighted by Gasteiger charge is -2.29. The average molecular weight is 1500 g/mol. The summed E-state index contributed by atoms with van der Waals surface area (Å²) in [6, 6.07) is 3.30. The van der Waals surface area contributed by atoms with Gasteiger partial charge >= 0.3 is 23.9 Å². The fourth-order valence-corrected chi connectivity index (χ4v) is 10.5. The van der Waals surface area contributed by atoms with E-state index in [1.165, 1.54) is 0 Å². The number of carbonyl (C=O) groups is 17. The van der Waals surface area contributed by atoms with Crippen LogP contribution in [-0.4, -0.2) is 224 Å². The molecule has 0 bridgehead atoms. The molecule has 0 fully saturated rings. The molecule has 0 saturated carbocycles. The number of carbonyl (C=O) groups excluding carboxylic acids is 13. The van der Waals surface area contributed by atoms with Gasteiger partial charge in [0.1, 0.15) is 72.5 Å². The molecule has 38 heteroatoms. The Hall–Kier alpha value is -11.5. The lowest BCUT2D eigenvalue weighted by Crippen LogP contribution is -2.61. The minimum absolute atomic E-state index is 0.110. The van der Waals surface area contributed by atoms with Crippen molar-refractivity contribution in [3.8, 4) is 0 Å². The maximum absolute atomic E-state index is 15.0. The molecular weight excluding hydrogens is 1410 g/mol. The van der Waals surface area contributed by atoms with Gasteiger partial charge in [-0.15, -0.1) is 0 Å². The quantitative estimate of drug-likeness (QED) is 0.0234. The topological polar surface area (TPSA) is 648 Å². The molecule has 25 N–H and O–H groups in total. The fourth-order valence-electron chi connectivity index (χ4n) is 10.5. The number of carboxylic acids is 4. The summed E-state index contributed by atoms with van der Waals surface area (Å²) >= 11 is 0. The zero-order chi connectivity index (χ0) is 79.9. The highest BCUT2D eigenvalue weighted by atomic mass is 16.4. The number of primary amides is 2. The van der Waals surface area contributed by atoms with Crippen molar-refractivity contribution < 1.29 is 112 Å². The first-order chi connectivity index (χ1) is 50.6. The predicted octanol–water partition coefficient (Wildman–Crippen LogP) is -5.65. The number of rotatable bonds is 51. The van der Waals surface area contributed by atoms with Crippen LogP contribution in [0, 0.1) is 5.92 Å². The second-order valence-corrected chi connectivity index (χ2v) is 25.4. The van der Waals surface area contributed by atoms with Gasteiger partial charge in [-0.3, -0.25) is 76.7 Å². The highest BCUT2D eigenvalue weighted by molar-refractivity contribution is 6.00. The van der Waals surface area contributed by atoms with Gasteiger partial charge in [-0.2, -0.15) is 0 Å². The van der Waals surface area contributed by atoms with E-state index >= 15 is 0 Å². The highest BCUT2D eigenvalue weighted by Gasteiger charge is 2.38. The molecule has 12 atom stereocenters. The first-order valence-corrected chi connectivity index (χ1v) is 34.2. The number of aliphatic carboxylic acids is 4. The van der Waals surface area contributed by atoms with Crippen LogP contribution in [0.1, 0.15) is 114 Å². The van der Waals surface area contributed by atoms with Crippen LogP contribution in [0.25, 0.3) is 0 Å². The molecule has 107 heavy (non-hydrogen) atoms. The number of amides is 13. The van der Waals surface area contributed by atoms with Crippen molar-refractivity contribution in [3.63, 3.8) is 0 Å². The van der Waals surface area contributed by atoms with Gasteiger partial charge in [-0.25, -0.2) is 4.79 Å². The Bertz CT molecular complexity index is 3540. The van der Waals surface area contributed by atoms with Gasteiger partial charge in [0.25, 0.3) is 0 Å². The van der Waals surface area contributed by atoms with E-state index < -0.39 is 250 Å². The Morgan fingerprint density at radius 2 is 0.617 bits per heavy atom. The lowest BCUT2D eigenvalue weighted by molar-refractivity contribution is -0.144. The van der Waals surface area contributed by atoms with E-state index in [0.717, 1.165) is 0 Å². The van der Waals surface area contributed by atoms with Crippen LogP contribution < -0.4 is 81.4 Å². The smallest absolute Gasteiger partial charge is 0.328 e. The molecule has 0 aromatic heterocycles. The van der Waals surface area contributed by atoms with E-state index in [4.69, 9.17) is 22.9 Å². The van der Waals surface area contributed by atoms with Crippen LogP contribution in [0.15, 0.2) is 91.0 Å². The number of hydrogen-bond donors (Lipinski definition) is 21. The summed E-state index contributed by atoms with van der Waals surface area (Å²) in [5, 5.41) is 83.7. The summed E-state index contributed by atoms with van der Waals surface area (Å²) < 4.78 is 0. The molecule has 3 aromatic rings. The maximum atomic E-state index is 15.0. The fraction of sp³-hybridized carbons (Fsp3) is 0.493. The van der Waals surface area contributed by atoms with Gasteiger partial charge in [0, 0.05) is 44.9 Å². The molecule has 13 amide bonds. The molecule has 0 spiro atoms.